The number of hydrogen-bond acceptors (Lipinski definition) is 3. The molecule has 0 unspecified atom stereocenters. The van der Waals surface area contributed by atoms with Crippen molar-refractivity contribution in [3.63, 3.8) is 0 Å². The van der Waals surface area contributed by atoms with Crippen molar-refractivity contribution < 1.29 is 14.7 Å². The second-order valence-corrected chi connectivity index (χ2v) is 7.47. The minimum Gasteiger partial charge on any atom is -0.480 e. The van der Waals surface area contributed by atoms with Crippen molar-refractivity contribution in [2.24, 2.45) is 0 Å². The summed E-state index contributed by atoms with van der Waals surface area (Å²) in [6, 6.07) is 1.79. The maximum absolute atomic E-state index is 12.4. The Morgan fingerprint density at radius 1 is 1.12 bits per heavy atom. The largest absolute Gasteiger partial charge is 0.480 e. The van der Waals surface area contributed by atoms with Crippen molar-refractivity contribution in [3.05, 3.63) is 27.7 Å². The van der Waals surface area contributed by atoms with E-state index in [-0.39, 0.29) is 18.5 Å². The summed E-state index contributed by atoms with van der Waals surface area (Å²) >= 11 is 12.3. The number of halogens is 2. The molecule has 1 aromatic carbocycles. The van der Waals surface area contributed by atoms with E-state index in [1.165, 1.54) is 6.42 Å². The van der Waals surface area contributed by atoms with Crippen LogP contribution in [0, 0.1) is 0 Å². The van der Waals surface area contributed by atoms with Gasteiger partial charge in [-0.1, -0.05) is 42.5 Å². The van der Waals surface area contributed by atoms with Crippen LogP contribution in [0.5, 0.6) is 0 Å². The van der Waals surface area contributed by atoms with Gasteiger partial charge in [-0.15, -0.1) is 0 Å². The molecule has 1 aliphatic heterocycles. The van der Waals surface area contributed by atoms with Crippen LogP contribution in [0.1, 0.15) is 50.1 Å². The molecule has 2 amide bonds. The maximum Gasteiger partial charge on any atom is 0.326 e. The molecule has 2 aliphatic rings. The molecule has 1 saturated carbocycles. The Morgan fingerprint density at radius 2 is 1.84 bits per heavy atom. The van der Waals surface area contributed by atoms with Crippen LogP contribution in [0.3, 0.4) is 0 Å². The van der Waals surface area contributed by atoms with E-state index in [0.29, 0.717) is 21.3 Å². The average molecular weight is 386 g/mol. The zero-order valence-electron chi connectivity index (χ0n) is 13.6. The van der Waals surface area contributed by atoms with Gasteiger partial charge in [-0.05, 0) is 25.0 Å². The number of urea groups is 1. The van der Waals surface area contributed by atoms with Gasteiger partial charge in [-0.3, -0.25) is 0 Å². The third-order valence-electron chi connectivity index (χ3n) is 4.79. The lowest BCUT2D eigenvalue weighted by Gasteiger charge is -2.33. The molecule has 1 aromatic rings. The maximum atomic E-state index is 12.4. The van der Waals surface area contributed by atoms with Crippen LogP contribution in [0.2, 0.25) is 10.0 Å². The van der Waals surface area contributed by atoms with Crippen LogP contribution in [0.4, 0.5) is 10.5 Å². The number of carboxylic acids is 1. The van der Waals surface area contributed by atoms with E-state index >= 15 is 0 Å². The zero-order chi connectivity index (χ0) is 18.0. The smallest absolute Gasteiger partial charge is 0.326 e. The molecule has 6 nitrogen and oxygen atoms in total. The van der Waals surface area contributed by atoms with Crippen molar-refractivity contribution in [3.8, 4) is 0 Å². The number of carboxylic acid groups (broad SMARTS) is 1. The van der Waals surface area contributed by atoms with Gasteiger partial charge in [0.1, 0.15) is 6.04 Å². The Bertz CT molecular complexity index is 677. The summed E-state index contributed by atoms with van der Waals surface area (Å²) in [5, 5.41) is 19.0. The van der Waals surface area contributed by atoms with E-state index in [1.54, 1.807) is 12.1 Å². The van der Waals surface area contributed by atoms with E-state index in [9.17, 15) is 14.7 Å². The van der Waals surface area contributed by atoms with Gasteiger partial charge >= 0.3 is 12.0 Å². The van der Waals surface area contributed by atoms with Crippen molar-refractivity contribution >= 4 is 40.9 Å². The summed E-state index contributed by atoms with van der Waals surface area (Å²) < 4.78 is 0. The topological polar surface area (TPSA) is 90.5 Å². The molecule has 3 rings (SSSR count). The molecule has 8 heteroatoms. The second kappa shape index (κ2) is 7.70. The Balaban J connectivity index is 1.77. The number of amides is 2. The number of fused-ring (bicyclic) bond motifs is 1. The van der Waals surface area contributed by atoms with E-state index in [2.05, 4.69) is 16.0 Å². The molecule has 1 heterocycles. The summed E-state index contributed by atoms with van der Waals surface area (Å²) in [6.45, 7) is 0. The number of rotatable bonds is 3. The third-order valence-corrected chi connectivity index (χ3v) is 5.32. The van der Waals surface area contributed by atoms with Crippen LogP contribution < -0.4 is 16.0 Å². The predicted molar refractivity (Wildman–Crippen MR) is 97.4 cm³/mol. The minimum absolute atomic E-state index is 0.172. The number of hydrogen-bond donors (Lipinski definition) is 4. The summed E-state index contributed by atoms with van der Waals surface area (Å²) in [5.41, 5.74) is 1.21. The Kier molecular flexibility index (Phi) is 5.59. The molecule has 0 spiro atoms. The first kappa shape index (κ1) is 18.1. The van der Waals surface area contributed by atoms with Gasteiger partial charge < -0.3 is 21.1 Å². The number of benzene rings is 1. The lowest BCUT2D eigenvalue weighted by atomic mass is 9.92. The number of nitrogens with one attached hydrogen (secondary N) is 3. The highest BCUT2D eigenvalue weighted by atomic mass is 35.5. The normalized spacial score (nSPS) is 23.3. The van der Waals surface area contributed by atoms with E-state index in [4.69, 9.17) is 23.2 Å². The van der Waals surface area contributed by atoms with Crippen LogP contribution in [0.25, 0.3) is 0 Å². The molecule has 0 bridgehead atoms. The molecule has 1 aliphatic carbocycles. The number of aliphatic carboxylic acids is 1. The van der Waals surface area contributed by atoms with E-state index < -0.39 is 18.1 Å². The van der Waals surface area contributed by atoms with Gasteiger partial charge in [0.2, 0.25) is 0 Å². The summed E-state index contributed by atoms with van der Waals surface area (Å²) in [6.07, 6.45) is 5.60. The first-order valence-corrected chi connectivity index (χ1v) is 9.25. The first-order chi connectivity index (χ1) is 11.9. The van der Waals surface area contributed by atoms with Gasteiger partial charge in [-0.25, -0.2) is 9.59 Å². The third kappa shape index (κ3) is 4.30. The minimum atomic E-state index is -0.985. The lowest BCUT2D eigenvalue weighted by Crippen LogP contribution is -2.47. The molecular weight excluding hydrogens is 365 g/mol. The summed E-state index contributed by atoms with van der Waals surface area (Å²) in [4.78, 5) is 23.8. The van der Waals surface area contributed by atoms with E-state index in [1.807, 2.05) is 0 Å². The monoisotopic (exact) mass is 385 g/mol. The molecule has 0 aromatic heterocycles. The van der Waals surface area contributed by atoms with Gasteiger partial charge in [0.25, 0.3) is 0 Å². The molecule has 1 fully saturated rings. The molecule has 2 atom stereocenters. The van der Waals surface area contributed by atoms with Crippen molar-refractivity contribution in [1.29, 1.82) is 0 Å². The standard InChI is InChI=1S/C17H21Cl2N3O3/c18-9-6-11(19)15-12(7-9)21-14(16(23)24)8-13(15)22-17(25)20-10-4-2-1-3-5-10/h6-7,10,13-14,21H,1-5,8H2,(H,23,24)(H2,20,22,25)/t13-,14+/m1/s1. The predicted octanol–water partition coefficient (Wildman–Crippen LogP) is 3.94. The number of carbonyl (C=O) groups is 2. The fourth-order valence-corrected chi connectivity index (χ4v) is 4.21. The lowest BCUT2D eigenvalue weighted by molar-refractivity contribution is -0.138. The summed E-state index contributed by atoms with van der Waals surface area (Å²) in [7, 11) is 0. The Morgan fingerprint density at radius 3 is 2.52 bits per heavy atom. The molecule has 0 radical (unpaired) electrons. The van der Waals surface area contributed by atoms with Crippen LogP contribution in [-0.2, 0) is 4.79 Å². The van der Waals surface area contributed by atoms with Gasteiger partial charge in [-0.2, -0.15) is 0 Å². The fraction of sp³-hybridized carbons (Fsp3) is 0.529. The fourth-order valence-electron chi connectivity index (χ4n) is 3.58. The average Bonchev–Trinajstić information content (AvgIpc) is 2.54. The highest BCUT2D eigenvalue weighted by molar-refractivity contribution is 6.35. The second-order valence-electron chi connectivity index (χ2n) is 6.63. The van der Waals surface area contributed by atoms with Gasteiger partial charge in [0, 0.05) is 33.8 Å². The molecule has 0 saturated heterocycles. The molecular formula is C17H21Cl2N3O3. The van der Waals surface area contributed by atoms with Crippen molar-refractivity contribution in [2.45, 2.75) is 56.7 Å². The van der Waals surface area contributed by atoms with Crippen LogP contribution in [-0.4, -0.2) is 29.2 Å². The number of carbonyl (C=O) groups excluding carboxylic acids is 1. The molecule has 136 valence electrons. The Hall–Kier alpha value is -1.66. The number of anilines is 1. The van der Waals surface area contributed by atoms with Crippen LogP contribution in [0.15, 0.2) is 12.1 Å². The van der Waals surface area contributed by atoms with Gasteiger partial charge in [0.15, 0.2) is 0 Å². The van der Waals surface area contributed by atoms with Gasteiger partial charge in [0.05, 0.1) is 6.04 Å². The quantitative estimate of drug-likeness (QED) is 0.634. The highest BCUT2D eigenvalue weighted by Gasteiger charge is 2.33. The summed E-state index contributed by atoms with van der Waals surface area (Å²) in [5.74, 6) is -0.985. The highest BCUT2D eigenvalue weighted by Crippen LogP contribution is 2.39. The van der Waals surface area contributed by atoms with E-state index in [0.717, 1.165) is 25.7 Å². The van der Waals surface area contributed by atoms with Crippen molar-refractivity contribution in [2.75, 3.05) is 5.32 Å². The Labute approximate surface area is 156 Å². The van der Waals surface area contributed by atoms with Crippen LogP contribution >= 0.6 is 23.2 Å². The SMILES string of the molecule is O=C(NC1CCCCC1)N[C@@H]1C[C@@H](C(=O)O)Nc2cc(Cl)cc(Cl)c21. The zero-order valence-corrected chi connectivity index (χ0v) is 15.2. The molecule has 25 heavy (non-hydrogen) atoms. The molecule has 4 N–H and O–H groups in total. The first-order valence-electron chi connectivity index (χ1n) is 8.49. The van der Waals surface area contributed by atoms with Crippen molar-refractivity contribution in [1.82, 2.24) is 10.6 Å².